The number of rotatable bonds is 5. The van der Waals surface area contributed by atoms with Crippen LogP contribution in [0.3, 0.4) is 0 Å². The van der Waals surface area contributed by atoms with Crippen molar-refractivity contribution in [2.45, 2.75) is 18.7 Å². The van der Waals surface area contributed by atoms with Crippen LogP contribution in [0.15, 0.2) is 53.6 Å². The Bertz CT molecular complexity index is 967. The third-order valence-corrected chi connectivity index (χ3v) is 5.75. The number of fused-ring (bicyclic) bond motifs is 1. The van der Waals surface area contributed by atoms with Gasteiger partial charge in [0, 0.05) is 11.9 Å². The molecule has 0 bridgehead atoms. The van der Waals surface area contributed by atoms with Crippen LogP contribution in [0.5, 0.6) is 0 Å². The number of H-pyrrole nitrogens is 1. The Balaban J connectivity index is 2.13. The summed E-state index contributed by atoms with van der Waals surface area (Å²) in [6, 6.07) is 11.9. The molecule has 0 spiro atoms. The van der Waals surface area contributed by atoms with Gasteiger partial charge in [0.1, 0.15) is 0 Å². The van der Waals surface area contributed by atoms with Crippen molar-refractivity contribution >= 4 is 38.2 Å². The molecule has 1 aromatic heterocycles. The Morgan fingerprint density at radius 2 is 1.96 bits per heavy atom. The molecule has 3 aromatic rings. The molecule has 5 nitrogen and oxygen atoms in total. The van der Waals surface area contributed by atoms with Crippen molar-refractivity contribution in [3.8, 4) is 0 Å². The Kier molecular flexibility index (Phi) is 4.51. The van der Waals surface area contributed by atoms with Gasteiger partial charge in [0.2, 0.25) is 0 Å². The lowest BCUT2D eigenvalue weighted by Gasteiger charge is -2.27. The average molecular weight is 364 g/mol. The van der Waals surface area contributed by atoms with Gasteiger partial charge in [-0.15, -0.1) is 0 Å². The van der Waals surface area contributed by atoms with Crippen LogP contribution in [0.25, 0.3) is 10.9 Å². The Morgan fingerprint density at radius 1 is 1.21 bits per heavy atom. The Hall–Kier alpha value is -2.05. The van der Waals surface area contributed by atoms with E-state index in [1.807, 2.05) is 13.8 Å². The fourth-order valence-electron chi connectivity index (χ4n) is 2.52. The Morgan fingerprint density at radius 3 is 2.67 bits per heavy atom. The molecule has 7 heteroatoms. The molecule has 0 atom stereocenters. The van der Waals surface area contributed by atoms with E-state index in [4.69, 9.17) is 11.6 Å². The van der Waals surface area contributed by atoms with Gasteiger partial charge in [0.15, 0.2) is 0 Å². The van der Waals surface area contributed by atoms with Crippen LogP contribution >= 0.6 is 11.6 Å². The molecule has 24 heavy (non-hydrogen) atoms. The van der Waals surface area contributed by atoms with Gasteiger partial charge in [-0.1, -0.05) is 37.6 Å². The van der Waals surface area contributed by atoms with Crippen LogP contribution < -0.4 is 4.31 Å². The lowest BCUT2D eigenvalue weighted by Crippen LogP contribution is -2.34. The highest BCUT2D eigenvalue weighted by atomic mass is 35.5. The SMILES string of the molecule is CC(C)CN(c1ccccc1Cl)S(=O)(=O)c1ccc2[nH]ncc2c1. The molecule has 0 aliphatic heterocycles. The lowest BCUT2D eigenvalue weighted by atomic mass is 10.2. The van der Waals surface area contributed by atoms with Gasteiger partial charge < -0.3 is 0 Å². The first-order chi connectivity index (χ1) is 11.4. The maximum atomic E-state index is 13.2. The molecule has 0 radical (unpaired) electrons. The van der Waals surface area contributed by atoms with Crippen LogP contribution in [-0.2, 0) is 10.0 Å². The monoisotopic (exact) mass is 363 g/mol. The fraction of sp³-hybridized carbons (Fsp3) is 0.235. The van der Waals surface area contributed by atoms with E-state index < -0.39 is 10.0 Å². The molecule has 0 saturated carbocycles. The number of halogens is 1. The molecule has 126 valence electrons. The van der Waals surface area contributed by atoms with Gasteiger partial charge in [-0.25, -0.2) is 8.42 Å². The van der Waals surface area contributed by atoms with Crippen molar-refractivity contribution in [2.24, 2.45) is 5.92 Å². The maximum Gasteiger partial charge on any atom is 0.264 e. The van der Waals surface area contributed by atoms with Crippen LogP contribution in [-0.4, -0.2) is 25.2 Å². The van der Waals surface area contributed by atoms with E-state index in [9.17, 15) is 8.42 Å². The predicted octanol–water partition coefficient (Wildman–Crippen LogP) is 4.07. The number of benzene rings is 2. The second-order valence-corrected chi connectivity index (χ2v) is 8.27. The van der Waals surface area contributed by atoms with E-state index in [1.165, 1.54) is 4.31 Å². The van der Waals surface area contributed by atoms with E-state index in [0.29, 0.717) is 17.3 Å². The zero-order valence-electron chi connectivity index (χ0n) is 13.4. The minimum Gasteiger partial charge on any atom is -0.278 e. The molecule has 0 saturated heterocycles. The summed E-state index contributed by atoms with van der Waals surface area (Å²) in [6.45, 7) is 4.28. The summed E-state index contributed by atoms with van der Waals surface area (Å²) >= 11 is 6.25. The molecule has 0 unspecified atom stereocenters. The lowest BCUT2D eigenvalue weighted by molar-refractivity contribution is 0.578. The van der Waals surface area contributed by atoms with Gasteiger partial charge in [0.05, 0.1) is 27.3 Å². The van der Waals surface area contributed by atoms with Crippen molar-refractivity contribution in [1.82, 2.24) is 10.2 Å². The molecule has 0 amide bonds. The Labute approximate surface area is 146 Å². The zero-order chi connectivity index (χ0) is 17.3. The van der Waals surface area contributed by atoms with Crippen LogP contribution in [0, 0.1) is 5.92 Å². The quantitative estimate of drug-likeness (QED) is 0.743. The summed E-state index contributed by atoms with van der Waals surface area (Å²) in [5, 5.41) is 7.91. The minimum absolute atomic E-state index is 0.147. The van der Waals surface area contributed by atoms with Gasteiger partial charge in [-0.2, -0.15) is 5.10 Å². The van der Waals surface area contributed by atoms with Crippen molar-refractivity contribution < 1.29 is 8.42 Å². The summed E-state index contributed by atoms with van der Waals surface area (Å²) in [5.41, 5.74) is 1.28. The number of nitrogens with one attached hydrogen (secondary N) is 1. The van der Waals surface area contributed by atoms with Gasteiger partial charge in [-0.05, 0) is 36.2 Å². The van der Waals surface area contributed by atoms with E-state index in [1.54, 1.807) is 48.7 Å². The summed E-state index contributed by atoms with van der Waals surface area (Å²) in [4.78, 5) is 0.219. The number of aromatic amines is 1. The first-order valence-corrected chi connectivity index (χ1v) is 9.42. The standard InChI is InChI=1S/C17H18ClN3O2S/c1-12(2)11-21(17-6-4-3-5-15(17)18)24(22,23)14-7-8-16-13(9-14)10-19-20-16/h3-10,12H,11H2,1-2H3,(H,19,20). The molecule has 0 aliphatic rings. The number of aromatic nitrogens is 2. The predicted molar refractivity (Wildman–Crippen MR) is 96.9 cm³/mol. The normalized spacial score (nSPS) is 12.0. The number of nitrogens with zero attached hydrogens (tertiary/aromatic N) is 2. The van der Waals surface area contributed by atoms with E-state index in [0.717, 1.165) is 10.9 Å². The van der Waals surface area contributed by atoms with Crippen LogP contribution in [0.1, 0.15) is 13.8 Å². The molecule has 2 aromatic carbocycles. The number of para-hydroxylation sites is 1. The van der Waals surface area contributed by atoms with Gasteiger partial charge in [-0.3, -0.25) is 9.40 Å². The third kappa shape index (κ3) is 3.12. The van der Waals surface area contributed by atoms with Crippen molar-refractivity contribution in [3.63, 3.8) is 0 Å². The fourth-order valence-corrected chi connectivity index (χ4v) is 4.49. The number of sulfonamides is 1. The maximum absolute atomic E-state index is 13.2. The van der Waals surface area contributed by atoms with Crippen molar-refractivity contribution in [1.29, 1.82) is 0 Å². The second-order valence-electron chi connectivity index (χ2n) is 6.00. The topological polar surface area (TPSA) is 66.1 Å². The molecule has 1 N–H and O–H groups in total. The summed E-state index contributed by atoms with van der Waals surface area (Å²) in [6.07, 6.45) is 1.61. The first kappa shape index (κ1) is 16.8. The number of hydrogen-bond acceptors (Lipinski definition) is 3. The molecule has 3 rings (SSSR count). The molecule has 1 heterocycles. The highest BCUT2D eigenvalue weighted by Gasteiger charge is 2.27. The van der Waals surface area contributed by atoms with E-state index in [-0.39, 0.29) is 10.8 Å². The van der Waals surface area contributed by atoms with Gasteiger partial charge >= 0.3 is 0 Å². The van der Waals surface area contributed by atoms with E-state index >= 15 is 0 Å². The second kappa shape index (κ2) is 6.45. The number of anilines is 1. The zero-order valence-corrected chi connectivity index (χ0v) is 15.0. The molecular weight excluding hydrogens is 346 g/mol. The minimum atomic E-state index is -3.73. The smallest absolute Gasteiger partial charge is 0.264 e. The van der Waals surface area contributed by atoms with Gasteiger partial charge in [0.25, 0.3) is 10.0 Å². The van der Waals surface area contributed by atoms with Crippen LogP contribution in [0.2, 0.25) is 5.02 Å². The van der Waals surface area contributed by atoms with Crippen molar-refractivity contribution in [3.05, 3.63) is 53.7 Å². The third-order valence-electron chi connectivity index (χ3n) is 3.65. The highest BCUT2D eigenvalue weighted by molar-refractivity contribution is 7.92. The van der Waals surface area contributed by atoms with E-state index in [2.05, 4.69) is 10.2 Å². The summed E-state index contributed by atoms with van der Waals surface area (Å²) in [5.74, 6) is 0.147. The van der Waals surface area contributed by atoms with Crippen molar-refractivity contribution in [2.75, 3.05) is 10.8 Å². The highest BCUT2D eigenvalue weighted by Crippen LogP contribution is 2.31. The molecule has 0 fully saturated rings. The molecular formula is C17H18ClN3O2S. The largest absolute Gasteiger partial charge is 0.278 e. The molecule has 0 aliphatic carbocycles. The van der Waals surface area contributed by atoms with Crippen LogP contribution in [0.4, 0.5) is 5.69 Å². The average Bonchev–Trinajstić information content (AvgIpc) is 3.00. The number of hydrogen-bond donors (Lipinski definition) is 1. The summed E-state index contributed by atoms with van der Waals surface area (Å²) < 4.78 is 27.8. The first-order valence-electron chi connectivity index (χ1n) is 7.60. The summed E-state index contributed by atoms with van der Waals surface area (Å²) in [7, 11) is -3.73.